The van der Waals surface area contributed by atoms with E-state index in [2.05, 4.69) is 20.0 Å². The molecule has 4 N–H and O–H groups in total. The molecule has 0 saturated carbocycles. The third-order valence-corrected chi connectivity index (χ3v) is 8.44. The Morgan fingerprint density at radius 1 is 1.32 bits per heavy atom. The van der Waals surface area contributed by atoms with Gasteiger partial charge in [-0.2, -0.15) is 9.97 Å². The number of carbonyl (C=O) groups is 2. The number of allylic oxidation sites excluding steroid dienone is 1. The van der Waals surface area contributed by atoms with Crippen LogP contribution in [0.15, 0.2) is 18.5 Å². The first kappa shape index (κ1) is 29.1. The Bertz CT molecular complexity index is 1210. The first-order valence-electron chi connectivity index (χ1n) is 11.6. The second kappa shape index (κ2) is 11.9. The predicted octanol–water partition coefficient (Wildman–Crippen LogP) is 3.04. The highest BCUT2D eigenvalue weighted by Gasteiger charge is 2.32. The van der Waals surface area contributed by atoms with E-state index in [4.69, 9.17) is 19.5 Å². The highest BCUT2D eigenvalue weighted by Crippen LogP contribution is 2.46. The Morgan fingerprint density at radius 2 is 2.05 bits per heavy atom. The lowest BCUT2D eigenvalue weighted by molar-refractivity contribution is -0.138. The van der Waals surface area contributed by atoms with Gasteiger partial charge in [-0.05, 0) is 13.3 Å². The summed E-state index contributed by atoms with van der Waals surface area (Å²) in [5.74, 6) is -0.747. The number of hydrogen-bond acceptors (Lipinski definition) is 11. The summed E-state index contributed by atoms with van der Waals surface area (Å²) in [5, 5.41) is 11.7. The lowest BCUT2D eigenvalue weighted by Crippen LogP contribution is -2.33. The van der Waals surface area contributed by atoms with Crippen LogP contribution in [-0.4, -0.2) is 67.8 Å². The highest BCUT2D eigenvalue weighted by molar-refractivity contribution is 8.13. The normalized spacial score (nSPS) is 20.1. The number of ether oxygens (including phenoxy) is 1. The van der Waals surface area contributed by atoms with Crippen molar-refractivity contribution in [2.45, 2.75) is 46.2 Å². The maximum Gasteiger partial charge on any atom is 0.406 e. The van der Waals surface area contributed by atoms with Crippen molar-refractivity contribution < 1.29 is 33.0 Å². The fourth-order valence-corrected chi connectivity index (χ4v) is 5.92. The summed E-state index contributed by atoms with van der Waals surface area (Å²) >= 11 is 1.06. The molecular formula is C22H33N6O7PS. The number of thioether (sulfide) groups is 1. The number of nitrogens with two attached hydrogens (primary N) is 1. The van der Waals surface area contributed by atoms with Gasteiger partial charge >= 0.3 is 13.7 Å². The van der Waals surface area contributed by atoms with E-state index >= 15 is 0 Å². The summed E-state index contributed by atoms with van der Waals surface area (Å²) in [5.41, 5.74) is 6.29. The molecule has 0 saturated heterocycles. The number of nitrogens with one attached hydrogen (secondary N) is 1. The van der Waals surface area contributed by atoms with Crippen LogP contribution in [-0.2, 0) is 23.2 Å². The summed E-state index contributed by atoms with van der Waals surface area (Å²) in [6.45, 7) is 6.72. The molecule has 1 aliphatic carbocycles. The Balaban J connectivity index is 1.62. The van der Waals surface area contributed by atoms with E-state index in [9.17, 15) is 19.3 Å². The molecule has 15 heteroatoms. The average molecular weight is 557 g/mol. The fourth-order valence-electron chi connectivity index (χ4n) is 3.48. The average Bonchev–Trinajstić information content (AvgIpc) is 3.46. The van der Waals surface area contributed by atoms with Crippen LogP contribution in [0, 0.1) is 11.3 Å². The third kappa shape index (κ3) is 7.51. The van der Waals surface area contributed by atoms with Gasteiger partial charge in [0.05, 0.1) is 32.7 Å². The quantitative estimate of drug-likeness (QED) is 0.197. The van der Waals surface area contributed by atoms with Crippen LogP contribution in [0.5, 0.6) is 5.88 Å². The molecule has 0 fully saturated rings. The molecule has 3 rings (SSSR count). The van der Waals surface area contributed by atoms with E-state index in [0.29, 0.717) is 17.6 Å². The van der Waals surface area contributed by atoms with E-state index in [0.717, 1.165) is 11.8 Å². The fraction of sp³-hybridized carbons (Fsp3) is 0.591. The van der Waals surface area contributed by atoms with Gasteiger partial charge in [-0.1, -0.05) is 44.7 Å². The van der Waals surface area contributed by atoms with E-state index in [1.165, 1.54) is 14.0 Å². The minimum atomic E-state index is -3.98. The van der Waals surface area contributed by atoms with E-state index in [-0.39, 0.29) is 47.9 Å². The van der Waals surface area contributed by atoms with Gasteiger partial charge in [-0.25, -0.2) is 14.6 Å². The van der Waals surface area contributed by atoms with Gasteiger partial charge in [0.2, 0.25) is 11.8 Å². The van der Waals surface area contributed by atoms with Crippen molar-refractivity contribution in [3.8, 4) is 5.88 Å². The van der Waals surface area contributed by atoms with Gasteiger partial charge in [0, 0.05) is 17.1 Å². The van der Waals surface area contributed by atoms with Gasteiger partial charge < -0.3 is 20.1 Å². The van der Waals surface area contributed by atoms with Crippen LogP contribution in [0.1, 0.15) is 40.2 Å². The molecule has 0 aromatic carbocycles. The number of nitrogens with zero attached hydrogens (tertiary/aromatic N) is 4. The number of anilines is 1. The highest BCUT2D eigenvalue weighted by atomic mass is 32.2. The molecule has 13 nitrogen and oxygen atoms in total. The molecule has 0 radical (unpaired) electrons. The van der Waals surface area contributed by atoms with E-state index < -0.39 is 25.2 Å². The van der Waals surface area contributed by atoms with Gasteiger partial charge in [0.15, 0.2) is 16.3 Å². The molecular weight excluding hydrogens is 523 g/mol. The molecule has 0 amide bonds. The summed E-state index contributed by atoms with van der Waals surface area (Å²) in [4.78, 5) is 36.1. The van der Waals surface area contributed by atoms with Crippen molar-refractivity contribution in [3.63, 3.8) is 0 Å². The maximum absolute atomic E-state index is 13.3. The first-order chi connectivity index (χ1) is 17.3. The maximum atomic E-state index is 13.3. The summed E-state index contributed by atoms with van der Waals surface area (Å²) in [6, 6.07) is -1.29. The van der Waals surface area contributed by atoms with E-state index in [1.54, 1.807) is 27.1 Å². The van der Waals surface area contributed by atoms with Gasteiger partial charge in [0.1, 0.15) is 6.04 Å². The second-order valence-corrected chi connectivity index (χ2v) is 12.4. The van der Waals surface area contributed by atoms with Crippen LogP contribution >= 0.6 is 19.5 Å². The van der Waals surface area contributed by atoms with Crippen LogP contribution in [0.4, 0.5) is 5.95 Å². The first-order valence-corrected chi connectivity index (χ1v) is 14.1. The topological polar surface area (TPSA) is 181 Å². The Labute approximate surface area is 219 Å². The molecule has 37 heavy (non-hydrogen) atoms. The lowest BCUT2D eigenvalue weighted by Gasteiger charge is -2.23. The van der Waals surface area contributed by atoms with Gasteiger partial charge in [-0.3, -0.25) is 18.6 Å². The van der Waals surface area contributed by atoms with Crippen molar-refractivity contribution in [2.75, 3.05) is 31.8 Å². The number of carboxylic acid groups (broad SMARTS) is 1. The smallest absolute Gasteiger partial charge is 0.406 e. The third-order valence-electron chi connectivity index (χ3n) is 5.48. The number of fused-ring (bicyclic) bond motifs is 1. The minimum Gasteiger partial charge on any atom is -0.480 e. The zero-order valence-electron chi connectivity index (χ0n) is 21.4. The standard InChI is InChI=1S/C22H33N6O7PS/c1-13(19(29)30)27-36(32,34-8-9-37-20(31)22(2,3)4)35-11-14-6-7-15(10-14)28-12-24-16-17(28)25-21(23)26-18(16)33-5/h6-7,12-15H,8-11H2,1-5H3,(H,27,32)(H,29,30)(H2,23,25,26)/t13?,14-,15+,36?/m1/s1. The molecule has 4 atom stereocenters. The molecule has 2 heterocycles. The van der Waals surface area contributed by atoms with Crippen molar-refractivity contribution in [1.29, 1.82) is 0 Å². The molecule has 0 bridgehead atoms. The molecule has 0 aliphatic heterocycles. The SMILES string of the molecule is COc1nc(N)nc2c1ncn2[C@H]1C=C[C@@H](COP(=O)(NC(C)C(=O)O)OCCSC(=O)C(C)(C)C)C1. The number of rotatable bonds is 12. The van der Waals surface area contributed by atoms with Gasteiger partial charge in [-0.15, -0.1) is 0 Å². The number of hydrogen-bond donors (Lipinski definition) is 3. The predicted molar refractivity (Wildman–Crippen MR) is 139 cm³/mol. The number of nitrogen functional groups attached to an aromatic ring is 1. The summed E-state index contributed by atoms with van der Waals surface area (Å²) < 4.78 is 31.5. The van der Waals surface area contributed by atoms with Crippen LogP contribution < -0.4 is 15.6 Å². The molecule has 2 aromatic heterocycles. The van der Waals surface area contributed by atoms with Gasteiger partial charge in [0.25, 0.3) is 0 Å². The zero-order valence-corrected chi connectivity index (χ0v) is 23.1. The summed E-state index contributed by atoms with van der Waals surface area (Å²) in [6.07, 6.45) is 6.08. The molecule has 204 valence electrons. The minimum absolute atomic E-state index is 0.0186. The number of aromatic nitrogens is 4. The zero-order chi connectivity index (χ0) is 27.4. The van der Waals surface area contributed by atoms with Crippen molar-refractivity contribution in [1.82, 2.24) is 24.6 Å². The monoisotopic (exact) mass is 556 g/mol. The van der Waals surface area contributed by atoms with Crippen molar-refractivity contribution in [3.05, 3.63) is 18.5 Å². The number of carbonyl (C=O) groups excluding carboxylic acids is 1. The molecule has 1 aliphatic rings. The van der Waals surface area contributed by atoms with E-state index in [1.807, 2.05) is 16.7 Å². The van der Waals surface area contributed by atoms with Crippen LogP contribution in [0.2, 0.25) is 0 Å². The number of imidazole rings is 1. The number of methoxy groups -OCH3 is 1. The van der Waals surface area contributed by atoms with Crippen molar-refractivity contribution in [2.24, 2.45) is 11.3 Å². The molecule has 0 spiro atoms. The Morgan fingerprint density at radius 3 is 2.70 bits per heavy atom. The molecule has 2 unspecified atom stereocenters. The van der Waals surface area contributed by atoms with Crippen LogP contribution in [0.25, 0.3) is 11.2 Å². The number of aliphatic carboxylic acids is 1. The largest absolute Gasteiger partial charge is 0.480 e. The number of carboxylic acids is 1. The van der Waals surface area contributed by atoms with Crippen molar-refractivity contribution >= 4 is 47.7 Å². The second-order valence-electron chi connectivity index (χ2n) is 9.56. The summed E-state index contributed by atoms with van der Waals surface area (Å²) in [7, 11) is -2.50. The van der Waals surface area contributed by atoms with Crippen LogP contribution in [0.3, 0.4) is 0 Å². The Kier molecular flexibility index (Phi) is 9.35. The lowest BCUT2D eigenvalue weighted by atomic mass is 10.00. The Hall–Kier alpha value is -2.51. The molecule has 2 aromatic rings.